The number of nitrogens with one attached hydrogen (secondary N) is 1. The lowest BCUT2D eigenvalue weighted by Crippen LogP contribution is -2.37. The van der Waals surface area contributed by atoms with Crippen molar-refractivity contribution in [1.82, 2.24) is 10.2 Å². The summed E-state index contributed by atoms with van der Waals surface area (Å²) in [5.41, 5.74) is 0.642. The highest BCUT2D eigenvalue weighted by Gasteiger charge is 2.31. The van der Waals surface area contributed by atoms with Crippen molar-refractivity contribution in [3.8, 4) is 0 Å². The molecule has 0 atom stereocenters. The van der Waals surface area contributed by atoms with E-state index >= 15 is 0 Å². The summed E-state index contributed by atoms with van der Waals surface area (Å²) in [4.78, 5) is 2.49. The molecule has 1 saturated carbocycles. The van der Waals surface area contributed by atoms with Gasteiger partial charge in [0.05, 0.1) is 0 Å². The first-order valence-electron chi connectivity index (χ1n) is 7.19. The summed E-state index contributed by atoms with van der Waals surface area (Å²) in [6.45, 7) is 12.8. The van der Waals surface area contributed by atoms with Gasteiger partial charge in [-0.2, -0.15) is 0 Å². The zero-order chi connectivity index (χ0) is 11.9. The maximum absolute atomic E-state index is 3.68. The third kappa shape index (κ3) is 4.06. The summed E-state index contributed by atoms with van der Waals surface area (Å²) in [5, 5.41) is 3.68. The van der Waals surface area contributed by atoms with Crippen molar-refractivity contribution in [3.63, 3.8) is 0 Å². The Morgan fingerprint density at radius 1 is 1.06 bits per heavy atom. The van der Waals surface area contributed by atoms with Gasteiger partial charge in [0.2, 0.25) is 0 Å². The zero-order valence-corrected chi connectivity index (χ0v) is 11.5. The van der Waals surface area contributed by atoms with Crippen molar-refractivity contribution >= 4 is 0 Å². The highest BCUT2D eigenvalue weighted by molar-refractivity contribution is 4.85. The van der Waals surface area contributed by atoms with Gasteiger partial charge in [-0.25, -0.2) is 0 Å². The van der Waals surface area contributed by atoms with Gasteiger partial charge in [-0.3, -0.25) is 0 Å². The average molecular weight is 226 g/mol. The van der Waals surface area contributed by atoms with E-state index in [2.05, 4.69) is 31.0 Å². The summed E-state index contributed by atoms with van der Waals surface area (Å²) < 4.78 is 0. The average Bonchev–Trinajstić information content (AvgIpc) is 2.79. The molecular formula is C14H30N2. The van der Waals surface area contributed by atoms with E-state index in [4.69, 9.17) is 0 Å². The number of rotatable bonds is 8. The van der Waals surface area contributed by atoms with Crippen LogP contribution in [0.15, 0.2) is 0 Å². The second-order valence-corrected chi connectivity index (χ2v) is 5.26. The van der Waals surface area contributed by atoms with Crippen molar-refractivity contribution in [3.05, 3.63) is 0 Å². The van der Waals surface area contributed by atoms with Gasteiger partial charge >= 0.3 is 0 Å². The third-order valence-corrected chi connectivity index (χ3v) is 4.41. The molecule has 0 bridgehead atoms. The molecule has 1 fully saturated rings. The van der Waals surface area contributed by atoms with Gasteiger partial charge in [0, 0.05) is 19.6 Å². The zero-order valence-electron chi connectivity index (χ0n) is 11.5. The molecule has 0 amide bonds. The number of likely N-dealkylation sites (N-methyl/N-ethyl adjacent to an activating group) is 1. The first kappa shape index (κ1) is 14.0. The lowest BCUT2D eigenvalue weighted by atomic mass is 9.83. The summed E-state index contributed by atoms with van der Waals surface area (Å²) >= 11 is 0. The molecule has 0 aliphatic heterocycles. The van der Waals surface area contributed by atoms with E-state index in [1.54, 1.807) is 0 Å². The van der Waals surface area contributed by atoms with Gasteiger partial charge in [-0.05, 0) is 37.8 Å². The van der Waals surface area contributed by atoms with Crippen molar-refractivity contribution in [2.45, 2.75) is 52.9 Å². The monoisotopic (exact) mass is 226 g/mol. The normalized spacial score (nSPS) is 19.5. The molecule has 16 heavy (non-hydrogen) atoms. The van der Waals surface area contributed by atoms with Crippen LogP contribution in [0.2, 0.25) is 0 Å². The molecule has 2 nitrogen and oxygen atoms in total. The van der Waals surface area contributed by atoms with Gasteiger partial charge in [0.15, 0.2) is 0 Å². The summed E-state index contributed by atoms with van der Waals surface area (Å²) in [7, 11) is 0. The Hall–Kier alpha value is -0.0800. The Morgan fingerprint density at radius 2 is 1.69 bits per heavy atom. The molecule has 0 spiro atoms. The van der Waals surface area contributed by atoms with E-state index in [1.807, 2.05) is 0 Å². The predicted molar refractivity (Wildman–Crippen MR) is 71.8 cm³/mol. The number of hydrogen-bond acceptors (Lipinski definition) is 2. The first-order chi connectivity index (χ1) is 7.76. The first-order valence-corrected chi connectivity index (χ1v) is 7.19. The molecule has 0 aromatic carbocycles. The van der Waals surface area contributed by atoms with E-state index in [0.717, 1.165) is 6.54 Å². The van der Waals surface area contributed by atoms with Crippen LogP contribution in [-0.2, 0) is 0 Å². The third-order valence-electron chi connectivity index (χ3n) is 4.41. The quantitative estimate of drug-likeness (QED) is 0.640. The Kier molecular flexibility index (Phi) is 6.37. The van der Waals surface area contributed by atoms with Gasteiger partial charge in [-0.1, -0.05) is 33.6 Å². The Morgan fingerprint density at radius 3 is 2.19 bits per heavy atom. The van der Waals surface area contributed by atoms with Crippen LogP contribution in [0.25, 0.3) is 0 Å². The molecule has 0 unspecified atom stereocenters. The summed E-state index contributed by atoms with van der Waals surface area (Å²) in [6, 6.07) is 0. The van der Waals surface area contributed by atoms with E-state index in [0.29, 0.717) is 5.41 Å². The molecule has 0 radical (unpaired) electrons. The van der Waals surface area contributed by atoms with Gasteiger partial charge in [0.25, 0.3) is 0 Å². The second-order valence-electron chi connectivity index (χ2n) is 5.26. The van der Waals surface area contributed by atoms with Crippen LogP contribution in [0, 0.1) is 5.41 Å². The molecule has 0 saturated heterocycles. The van der Waals surface area contributed by atoms with Crippen LogP contribution in [0.4, 0.5) is 0 Å². The maximum atomic E-state index is 3.68. The van der Waals surface area contributed by atoms with Crippen molar-refractivity contribution < 1.29 is 0 Å². The smallest absolute Gasteiger partial charge is 0.0107 e. The topological polar surface area (TPSA) is 15.3 Å². The molecule has 0 aromatic rings. The molecule has 2 heteroatoms. The fourth-order valence-corrected chi connectivity index (χ4v) is 2.91. The predicted octanol–water partition coefficient (Wildman–Crippen LogP) is 2.89. The number of nitrogens with zero attached hydrogens (tertiary/aromatic N) is 1. The Bertz CT molecular complexity index is 170. The SMILES string of the molecule is CCN(CC)CCNCC1(CC)CCCC1. The fourth-order valence-electron chi connectivity index (χ4n) is 2.91. The molecule has 0 heterocycles. The Balaban J connectivity index is 2.14. The van der Waals surface area contributed by atoms with E-state index in [9.17, 15) is 0 Å². The molecule has 1 aliphatic carbocycles. The minimum absolute atomic E-state index is 0.642. The minimum atomic E-state index is 0.642. The van der Waals surface area contributed by atoms with Crippen LogP contribution < -0.4 is 5.32 Å². The minimum Gasteiger partial charge on any atom is -0.315 e. The van der Waals surface area contributed by atoms with E-state index < -0.39 is 0 Å². The van der Waals surface area contributed by atoms with Gasteiger partial charge in [-0.15, -0.1) is 0 Å². The highest BCUT2D eigenvalue weighted by Crippen LogP contribution is 2.40. The molecule has 1 N–H and O–H groups in total. The van der Waals surface area contributed by atoms with Crippen molar-refractivity contribution in [2.75, 3.05) is 32.7 Å². The van der Waals surface area contributed by atoms with Gasteiger partial charge in [0.1, 0.15) is 0 Å². The lowest BCUT2D eigenvalue weighted by Gasteiger charge is -2.28. The van der Waals surface area contributed by atoms with E-state index in [1.165, 1.54) is 58.3 Å². The standard InChI is InChI=1S/C14H30N2/c1-4-14(9-7-8-10-14)13-15-11-12-16(5-2)6-3/h15H,4-13H2,1-3H3. The van der Waals surface area contributed by atoms with Crippen molar-refractivity contribution in [2.24, 2.45) is 5.41 Å². The van der Waals surface area contributed by atoms with Crippen LogP contribution in [0.3, 0.4) is 0 Å². The molecular weight excluding hydrogens is 196 g/mol. The largest absolute Gasteiger partial charge is 0.315 e. The summed E-state index contributed by atoms with van der Waals surface area (Å²) in [5.74, 6) is 0. The van der Waals surface area contributed by atoms with E-state index in [-0.39, 0.29) is 0 Å². The molecule has 96 valence electrons. The second kappa shape index (κ2) is 7.29. The lowest BCUT2D eigenvalue weighted by molar-refractivity contribution is 0.252. The van der Waals surface area contributed by atoms with Crippen LogP contribution in [0.5, 0.6) is 0 Å². The van der Waals surface area contributed by atoms with Crippen LogP contribution in [0.1, 0.15) is 52.9 Å². The number of hydrogen-bond donors (Lipinski definition) is 1. The van der Waals surface area contributed by atoms with Crippen LogP contribution in [-0.4, -0.2) is 37.6 Å². The fraction of sp³-hybridized carbons (Fsp3) is 1.00. The molecule has 0 aromatic heterocycles. The maximum Gasteiger partial charge on any atom is 0.0107 e. The summed E-state index contributed by atoms with van der Waals surface area (Å²) in [6.07, 6.45) is 7.14. The molecule has 1 rings (SSSR count). The highest BCUT2D eigenvalue weighted by atomic mass is 15.1. The van der Waals surface area contributed by atoms with Crippen LogP contribution >= 0.6 is 0 Å². The Labute approximate surface area is 102 Å². The molecule has 1 aliphatic rings. The van der Waals surface area contributed by atoms with Crippen molar-refractivity contribution in [1.29, 1.82) is 0 Å². The van der Waals surface area contributed by atoms with Gasteiger partial charge < -0.3 is 10.2 Å².